The van der Waals surface area contributed by atoms with Crippen molar-refractivity contribution >= 4 is 23.2 Å². The Morgan fingerprint density at radius 3 is 2.41 bits per heavy atom. The highest BCUT2D eigenvalue weighted by Gasteiger charge is 2.24. The summed E-state index contributed by atoms with van der Waals surface area (Å²) in [7, 11) is 1.74. The van der Waals surface area contributed by atoms with Crippen LogP contribution in [0.3, 0.4) is 0 Å². The van der Waals surface area contributed by atoms with Gasteiger partial charge in [0.1, 0.15) is 0 Å². The number of pyridine rings is 1. The molecule has 1 amide bonds. The molecular weight excluding hydrogens is 346 g/mol. The molecule has 0 aromatic carbocycles. The fourth-order valence-corrected chi connectivity index (χ4v) is 2.89. The van der Waals surface area contributed by atoms with Crippen LogP contribution in [0, 0.1) is 0 Å². The summed E-state index contributed by atoms with van der Waals surface area (Å²) in [6.45, 7) is 2.60. The maximum atomic E-state index is 12.4. The van der Waals surface area contributed by atoms with Gasteiger partial charge < -0.3 is 15.1 Å². The summed E-state index contributed by atoms with van der Waals surface area (Å²) in [5, 5.41) is 19.4. The van der Waals surface area contributed by atoms with Crippen LogP contribution in [-0.2, 0) is 7.05 Å². The highest BCUT2D eigenvalue weighted by atomic mass is 16.2. The molecule has 1 aliphatic heterocycles. The number of amides is 1. The molecule has 0 radical (unpaired) electrons. The molecule has 0 saturated carbocycles. The van der Waals surface area contributed by atoms with Crippen molar-refractivity contribution in [3.63, 3.8) is 0 Å². The van der Waals surface area contributed by atoms with Crippen molar-refractivity contribution in [2.75, 3.05) is 36.4 Å². The SMILES string of the molecule is Cn1cc(C(=O)N2CCN(c3ccc(Nc4ccncc4)nn3)CC2)nn1. The number of aromatic nitrogens is 6. The normalized spacial score (nSPS) is 14.3. The summed E-state index contributed by atoms with van der Waals surface area (Å²) in [6.07, 6.45) is 5.06. The van der Waals surface area contributed by atoms with Crippen LogP contribution in [0.4, 0.5) is 17.3 Å². The lowest BCUT2D eigenvalue weighted by molar-refractivity contribution is 0.0740. The number of carbonyl (C=O) groups excluding carboxylic acids is 1. The van der Waals surface area contributed by atoms with Crippen LogP contribution >= 0.6 is 0 Å². The Labute approximate surface area is 155 Å². The van der Waals surface area contributed by atoms with Crippen LogP contribution in [0.1, 0.15) is 10.5 Å². The average Bonchev–Trinajstić information content (AvgIpc) is 3.15. The number of hydrogen-bond donors (Lipinski definition) is 1. The summed E-state index contributed by atoms with van der Waals surface area (Å²) in [5.41, 5.74) is 1.28. The fraction of sp³-hybridized carbons (Fsp3) is 0.294. The molecule has 4 heterocycles. The number of carbonyl (C=O) groups is 1. The predicted octanol–water partition coefficient (Wildman–Crippen LogP) is 0.706. The minimum atomic E-state index is -0.0919. The van der Waals surface area contributed by atoms with Gasteiger partial charge >= 0.3 is 0 Å². The summed E-state index contributed by atoms with van der Waals surface area (Å²) >= 11 is 0. The minimum Gasteiger partial charge on any atom is -0.352 e. The largest absolute Gasteiger partial charge is 0.352 e. The van der Waals surface area contributed by atoms with E-state index in [1.54, 1.807) is 30.5 Å². The Morgan fingerprint density at radius 1 is 1.00 bits per heavy atom. The van der Waals surface area contributed by atoms with Gasteiger partial charge in [0, 0.05) is 51.3 Å². The lowest BCUT2D eigenvalue weighted by Crippen LogP contribution is -2.49. The Hall–Kier alpha value is -3.56. The zero-order chi connectivity index (χ0) is 18.6. The van der Waals surface area contributed by atoms with Crippen molar-refractivity contribution in [1.82, 2.24) is 35.1 Å². The Balaban J connectivity index is 1.35. The van der Waals surface area contributed by atoms with Crippen molar-refractivity contribution in [2.45, 2.75) is 0 Å². The van der Waals surface area contributed by atoms with E-state index in [0.717, 1.165) is 11.5 Å². The van der Waals surface area contributed by atoms with Gasteiger partial charge in [0.15, 0.2) is 17.3 Å². The van der Waals surface area contributed by atoms with Crippen molar-refractivity contribution in [3.8, 4) is 0 Å². The second kappa shape index (κ2) is 7.36. The van der Waals surface area contributed by atoms with Gasteiger partial charge in [-0.25, -0.2) is 0 Å². The van der Waals surface area contributed by atoms with Gasteiger partial charge in [-0.05, 0) is 24.3 Å². The number of nitrogens with zero attached hydrogens (tertiary/aromatic N) is 8. The zero-order valence-corrected chi connectivity index (χ0v) is 14.9. The van der Waals surface area contributed by atoms with Crippen LogP contribution in [0.25, 0.3) is 0 Å². The molecule has 10 heteroatoms. The van der Waals surface area contributed by atoms with Crippen LogP contribution in [-0.4, -0.2) is 67.2 Å². The quantitative estimate of drug-likeness (QED) is 0.721. The number of anilines is 3. The van der Waals surface area contributed by atoms with Gasteiger partial charge in [0.05, 0.1) is 6.20 Å². The van der Waals surface area contributed by atoms with Gasteiger partial charge in [-0.1, -0.05) is 5.21 Å². The summed E-state index contributed by atoms with van der Waals surface area (Å²) in [5.74, 6) is 1.37. The topological polar surface area (TPSA) is 105 Å². The second-order valence-corrected chi connectivity index (χ2v) is 6.19. The first-order chi connectivity index (χ1) is 13.2. The van der Waals surface area contributed by atoms with E-state index >= 15 is 0 Å². The molecule has 1 fully saturated rings. The molecule has 1 saturated heterocycles. The maximum Gasteiger partial charge on any atom is 0.276 e. The van der Waals surface area contributed by atoms with Crippen molar-refractivity contribution in [2.24, 2.45) is 7.05 Å². The monoisotopic (exact) mass is 365 g/mol. The molecule has 4 rings (SSSR count). The van der Waals surface area contributed by atoms with Crippen molar-refractivity contribution < 1.29 is 4.79 Å². The van der Waals surface area contributed by atoms with Gasteiger partial charge in [-0.2, -0.15) is 0 Å². The number of aryl methyl sites for hydroxylation is 1. The van der Waals surface area contributed by atoms with Gasteiger partial charge in [0.2, 0.25) is 0 Å². The van der Waals surface area contributed by atoms with Gasteiger partial charge in [-0.3, -0.25) is 14.5 Å². The van der Waals surface area contributed by atoms with E-state index in [2.05, 4.69) is 35.7 Å². The Bertz CT molecular complexity index is 902. The molecule has 10 nitrogen and oxygen atoms in total. The van der Waals surface area contributed by atoms with E-state index in [1.165, 1.54) is 4.68 Å². The van der Waals surface area contributed by atoms with Gasteiger partial charge in [-0.15, -0.1) is 15.3 Å². The average molecular weight is 365 g/mol. The highest BCUT2D eigenvalue weighted by Crippen LogP contribution is 2.17. The second-order valence-electron chi connectivity index (χ2n) is 6.19. The smallest absolute Gasteiger partial charge is 0.276 e. The highest BCUT2D eigenvalue weighted by molar-refractivity contribution is 5.92. The molecule has 138 valence electrons. The standard InChI is InChI=1S/C17H19N9O/c1-24-12-14(20-23-24)17(27)26-10-8-25(9-11-26)16-3-2-15(21-22-16)19-13-4-6-18-7-5-13/h2-7,12H,8-11H2,1H3,(H,18,19,21). The molecule has 1 aliphatic rings. The first-order valence-corrected chi connectivity index (χ1v) is 8.60. The van der Waals surface area contributed by atoms with Crippen LogP contribution in [0.5, 0.6) is 0 Å². The third-order valence-electron chi connectivity index (χ3n) is 4.32. The fourth-order valence-electron chi connectivity index (χ4n) is 2.89. The zero-order valence-electron chi connectivity index (χ0n) is 14.9. The third kappa shape index (κ3) is 3.84. The lowest BCUT2D eigenvalue weighted by atomic mass is 10.3. The van der Waals surface area contributed by atoms with Gasteiger partial charge in [0.25, 0.3) is 5.91 Å². The third-order valence-corrected chi connectivity index (χ3v) is 4.32. The van der Waals surface area contributed by atoms with Crippen molar-refractivity contribution in [1.29, 1.82) is 0 Å². The lowest BCUT2D eigenvalue weighted by Gasteiger charge is -2.34. The molecule has 0 spiro atoms. The molecule has 3 aromatic rings. The number of piperazine rings is 1. The Kier molecular flexibility index (Phi) is 4.60. The van der Waals surface area contributed by atoms with E-state index in [-0.39, 0.29) is 5.91 Å². The van der Waals surface area contributed by atoms with E-state index in [9.17, 15) is 4.79 Å². The molecule has 1 N–H and O–H groups in total. The minimum absolute atomic E-state index is 0.0919. The summed E-state index contributed by atoms with van der Waals surface area (Å²) in [6, 6.07) is 7.54. The van der Waals surface area contributed by atoms with E-state index < -0.39 is 0 Å². The Morgan fingerprint density at radius 2 is 1.78 bits per heavy atom. The van der Waals surface area contributed by atoms with E-state index in [0.29, 0.717) is 37.7 Å². The van der Waals surface area contributed by atoms with Crippen LogP contribution in [0.15, 0.2) is 42.9 Å². The number of rotatable bonds is 4. The summed E-state index contributed by atoms with van der Waals surface area (Å²) < 4.78 is 1.53. The van der Waals surface area contributed by atoms with Crippen molar-refractivity contribution in [3.05, 3.63) is 48.5 Å². The molecular formula is C17H19N9O. The van der Waals surface area contributed by atoms with E-state index in [1.807, 2.05) is 24.3 Å². The molecule has 0 unspecified atom stereocenters. The number of hydrogen-bond acceptors (Lipinski definition) is 8. The first kappa shape index (κ1) is 16.9. The summed E-state index contributed by atoms with van der Waals surface area (Å²) in [4.78, 5) is 20.3. The van der Waals surface area contributed by atoms with Crippen LogP contribution < -0.4 is 10.2 Å². The number of nitrogens with one attached hydrogen (secondary N) is 1. The van der Waals surface area contributed by atoms with E-state index in [4.69, 9.17) is 0 Å². The van der Waals surface area contributed by atoms with Crippen LogP contribution in [0.2, 0.25) is 0 Å². The first-order valence-electron chi connectivity index (χ1n) is 8.60. The molecule has 0 atom stereocenters. The molecule has 0 aliphatic carbocycles. The molecule has 27 heavy (non-hydrogen) atoms. The molecule has 0 bridgehead atoms. The molecule has 3 aromatic heterocycles. The maximum absolute atomic E-state index is 12.4. The predicted molar refractivity (Wildman–Crippen MR) is 98.7 cm³/mol.